The second-order valence-electron chi connectivity index (χ2n) is 7.93. The number of benzene rings is 3. The second-order valence-corrected chi connectivity index (χ2v) is 7.93. The Labute approximate surface area is 199 Å². The molecule has 0 saturated heterocycles. The highest BCUT2D eigenvalue weighted by atomic mass is 19.1. The van der Waals surface area contributed by atoms with Gasteiger partial charge in [0.15, 0.2) is 0 Å². The van der Waals surface area contributed by atoms with E-state index in [2.05, 4.69) is 20.5 Å². The van der Waals surface area contributed by atoms with Crippen molar-refractivity contribution in [3.63, 3.8) is 0 Å². The highest BCUT2D eigenvalue weighted by molar-refractivity contribution is 5.98. The van der Waals surface area contributed by atoms with Crippen LogP contribution in [0.2, 0.25) is 0 Å². The van der Waals surface area contributed by atoms with E-state index in [1.165, 1.54) is 30.6 Å². The molecule has 0 aliphatic heterocycles. The fraction of sp³-hybridized carbons (Fsp3) is 0.115. The Bertz CT molecular complexity index is 1470. The van der Waals surface area contributed by atoms with Crippen LogP contribution in [0.5, 0.6) is 0 Å². The SMILES string of the molecule is O=C(NCCCc1nnc[nH]1)c1ccc2nc(-c3ccc(F)cc3)c(-c3ccc(F)cc3)nc2c1. The largest absolute Gasteiger partial charge is 0.352 e. The van der Waals surface area contributed by atoms with Gasteiger partial charge in [-0.2, -0.15) is 0 Å². The summed E-state index contributed by atoms with van der Waals surface area (Å²) in [5, 5.41) is 10.6. The van der Waals surface area contributed by atoms with Crippen LogP contribution in [0, 0.1) is 11.6 Å². The van der Waals surface area contributed by atoms with Gasteiger partial charge in [-0.15, -0.1) is 10.2 Å². The van der Waals surface area contributed by atoms with Crippen molar-refractivity contribution in [3.8, 4) is 22.5 Å². The van der Waals surface area contributed by atoms with Crippen LogP contribution in [0.4, 0.5) is 8.78 Å². The summed E-state index contributed by atoms with van der Waals surface area (Å²) in [5.41, 5.74) is 3.92. The van der Waals surface area contributed by atoms with Gasteiger partial charge >= 0.3 is 0 Å². The normalized spacial score (nSPS) is 11.0. The minimum Gasteiger partial charge on any atom is -0.352 e. The number of aromatic nitrogens is 5. The molecule has 0 saturated carbocycles. The zero-order chi connectivity index (χ0) is 24.2. The first-order valence-corrected chi connectivity index (χ1v) is 11.0. The number of halogens is 2. The quantitative estimate of drug-likeness (QED) is 0.336. The summed E-state index contributed by atoms with van der Waals surface area (Å²) in [6.45, 7) is 0.480. The number of amides is 1. The average Bonchev–Trinajstić information content (AvgIpc) is 3.40. The molecule has 2 heterocycles. The summed E-state index contributed by atoms with van der Waals surface area (Å²) in [5.74, 6) is -0.182. The third-order valence-corrected chi connectivity index (χ3v) is 5.50. The fourth-order valence-electron chi connectivity index (χ4n) is 3.73. The van der Waals surface area contributed by atoms with E-state index in [1.807, 2.05) is 0 Å². The first-order valence-electron chi connectivity index (χ1n) is 11.0. The molecule has 0 aliphatic carbocycles. The number of aryl methyl sites for hydroxylation is 1. The maximum Gasteiger partial charge on any atom is 0.251 e. The molecule has 7 nitrogen and oxygen atoms in total. The van der Waals surface area contributed by atoms with Gasteiger partial charge in [0, 0.05) is 29.7 Å². The van der Waals surface area contributed by atoms with Crippen molar-refractivity contribution in [1.82, 2.24) is 30.5 Å². The second kappa shape index (κ2) is 9.76. The number of carbonyl (C=O) groups excluding carboxylic acids is 1. The molecule has 9 heteroatoms. The van der Waals surface area contributed by atoms with Crippen molar-refractivity contribution in [2.24, 2.45) is 0 Å². The molecule has 0 unspecified atom stereocenters. The molecule has 2 aromatic heterocycles. The van der Waals surface area contributed by atoms with Gasteiger partial charge in [0.05, 0.1) is 22.4 Å². The van der Waals surface area contributed by atoms with E-state index in [4.69, 9.17) is 9.97 Å². The zero-order valence-corrected chi connectivity index (χ0v) is 18.5. The highest BCUT2D eigenvalue weighted by Gasteiger charge is 2.15. The Morgan fingerprint density at radius 2 is 1.46 bits per heavy atom. The van der Waals surface area contributed by atoms with Crippen LogP contribution in [0.1, 0.15) is 22.6 Å². The van der Waals surface area contributed by atoms with Crippen LogP contribution in [-0.2, 0) is 6.42 Å². The third kappa shape index (κ3) is 5.03. The van der Waals surface area contributed by atoms with Gasteiger partial charge in [-0.05, 0) is 73.2 Å². The zero-order valence-electron chi connectivity index (χ0n) is 18.5. The van der Waals surface area contributed by atoms with E-state index in [1.54, 1.807) is 42.5 Å². The predicted molar refractivity (Wildman–Crippen MR) is 127 cm³/mol. The monoisotopic (exact) mass is 470 g/mol. The molecule has 0 aliphatic rings. The smallest absolute Gasteiger partial charge is 0.251 e. The molecule has 35 heavy (non-hydrogen) atoms. The van der Waals surface area contributed by atoms with Crippen molar-refractivity contribution in [3.05, 3.63) is 96.1 Å². The molecule has 5 aromatic rings. The summed E-state index contributed by atoms with van der Waals surface area (Å²) < 4.78 is 27.0. The number of nitrogens with zero attached hydrogens (tertiary/aromatic N) is 4. The lowest BCUT2D eigenvalue weighted by atomic mass is 10.0. The lowest BCUT2D eigenvalue weighted by Crippen LogP contribution is -2.24. The van der Waals surface area contributed by atoms with Crippen LogP contribution in [0.25, 0.3) is 33.5 Å². The molecule has 0 spiro atoms. The number of hydrogen-bond donors (Lipinski definition) is 2. The Morgan fingerprint density at radius 3 is 2.06 bits per heavy atom. The molecule has 0 atom stereocenters. The maximum atomic E-state index is 13.5. The molecule has 2 N–H and O–H groups in total. The molecule has 0 radical (unpaired) electrons. The van der Waals surface area contributed by atoms with E-state index < -0.39 is 0 Å². The lowest BCUT2D eigenvalue weighted by Gasteiger charge is -2.12. The fourth-order valence-corrected chi connectivity index (χ4v) is 3.73. The molecule has 5 rings (SSSR count). The topological polar surface area (TPSA) is 96.5 Å². The number of fused-ring (bicyclic) bond motifs is 1. The Hall–Kier alpha value is -4.53. The molecule has 174 valence electrons. The van der Waals surface area contributed by atoms with E-state index in [0.717, 1.165) is 5.82 Å². The number of nitrogens with one attached hydrogen (secondary N) is 2. The maximum absolute atomic E-state index is 13.5. The molecule has 0 fully saturated rings. The summed E-state index contributed by atoms with van der Waals surface area (Å²) >= 11 is 0. The summed E-state index contributed by atoms with van der Waals surface area (Å²) in [4.78, 5) is 25.1. The minimum atomic E-state index is -0.368. The summed E-state index contributed by atoms with van der Waals surface area (Å²) in [6, 6.07) is 17.0. The molecular weight excluding hydrogens is 450 g/mol. The van der Waals surface area contributed by atoms with Crippen LogP contribution in [0.3, 0.4) is 0 Å². The lowest BCUT2D eigenvalue weighted by molar-refractivity contribution is 0.0953. The van der Waals surface area contributed by atoms with Gasteiger partial charge in [0.2, 0.25) is 0 Å². The van der Waals surface area contributed by atoms with Gasteiger partial charge in [-0.25, -0.2) is 18.7 Å². The van der Waals surface area contributed by atoms with Crippen LogP contribution in [0.15, 0.2) is 73.1 Å². The van der Waals surface area contributed by atoms with Crippen molar-refractivity contribution in [2.45, 2.75) is 12.8 Å². The number of carbonyl (C=O) groups is 1. The number of H-pyrrole nitrogens is 1. The van der Waals surface area contributed by atoms with Crippen molar-refractivity contribution in [1.29, 1.82) is 0 Å². The van der Waals surface area contributed by atoms with Crippen molar-refractivity contribution in [2.75, 3.05) is 6.54 Å². The van der Waals surface area contributed by atoms with E-state index in [0.29, 0.717) is 58.5 Å². The molecular formula is C26H20F2N6O. The van der Waals surface area contributed by atoms with Gasteiger partial charge < -0.3 is 10.3 Å². The van der Waals surface area contributed by atoms with Gasteiger partial charge in [0.25, 0.3) is 5.91 Å². The van der Waals surface area contributed by atoms with E-state index >= 15 is 0 Å². The van der Waals surface area contributed by atoms with Gasteiger partial charge in [-0.1, -0.05) is 0 Å². The Kier molecular flexibility index (Phi) is 6.21. The Balaban J connectivity index is 1.45. The first-order chi connectivity index (χ1) is 17.1. The van der Waals surface area contributed by atoms with Crippen molar-refractivity contribution >= 4 is 16.9 Å². The minimum absolute atomic E-state index is 0.225. The number of hydrogen-bond acceptors (Lipinski definition) is 5. The van der Waals surface area contributed by atoms with Crippen LogP contribution < -0.4 is 5.32 Å². The number of aromatic amines is 1. The highest BCUT2D eigenvalue weighted by Crippen LogP contribution is 2.31. The van der Waals surface area contributed by atoms with Crippen LogP contribution in [-0.4, -0.2) is 37.6 Å². The molecule has 1 amide bonds. The number of rotatable bonds is 7. The third-order valence-electron chi connectivity index (χ3n) is 5.50. The summed E-state index contributed by atoms with van der Waals surface area (Å²) in [6.07, 6.45) is 2.91. The molecule has 0 bridgehead atoms. The average molecular weight is 470 g/mol. The van der Waals surface area contributed by atoms with Gasteiger partial charge in [-0.3, -0.25) is 4.79 Å². The standard InChI is InChI=1S/C26H20F2N6O/c27-19-8-3-16(4-9-19)24-25(17-5-10-20(28)11-6-17)33-22-14-18(7-12-21(22)32-24)26(35)29-13-1-2-23-30-15-31-34-23/h3-12,14-15H,1-2,13H2,(H,29,35)(H,30,31,34). The van der Waals surface area contributed by atoms with Crippen LogP contribution >= 0.6 is 0 Å². The van der Waals surface area contributed by atoms with E-state index in [-0.39, 0.29) is 17.5 Å². The van der Waals surface area contributed by atoms with Gasteiger partial charge in [0.1, 0.15) is 23.8 Å². The molecule has 3 aromatic carbocycles. The van der Waals surface area contributed by atoms with Crippen molar-refractivity contribution < 1.29 is 13.6 Å². The Morgan fingerprint density at radius 1 is 0.829 bits per heavy atom. The van der Waals surface area contributed by atoms with E-state index in [9.17, 15) is 13.6 Å². The predicted octanol–water partition coefficient (Wildman–Crippen LogP) is 4.72. The first kappa shape index (κ1) is 22.3. The summed E-state index contributed by atoms with van der Waals surface area (Å²) in [7, 11) is 0.